The molecule has 3 heteroatoms. The molecule has 2 nitrogen and oxygen atoms in total. The Kier molecular flexibility index (Phi) is 20.1. The average Bonchev–Trinajstić information content (AvgIpc) is 2.75. The molecule has 0 spiro atoms. The largest absolute Gasteiger partial charge is 0.315 e. The van der Waals surface area contributed by atoms with Gasteiger partial charge in [0, 0.05) is 29.9 Å². The van der Waals surface area contributed by atoms with Crippen molar-refractivity contribution in [1.29, 1.82) is 0 Å². The maximum atomic E-state index is 3.56. The van der Waals surface area contributed by atoms with Gasteiger partial charge in [-0.25, -0.2) is 0 Å². The van der Waals surface area contributed by atoms with Crippen LogP contribution in [0.5, 0.6) is 0 Å². The summed E-state index contributed by atoms with van der Waals surface area (Å²) in [6.07, 6.45) is 21.9. The minimum Gasteiger partial charge on any atom is -0.315 e. The van der Waals surface area contributed by atoms with Crippen molar-refractivity contribution in [2.24, 2.45) is 0 Å². The molecule has 0 aliphatic rings. The summed E-state index contributed by atoms with van der Waals surface area (Å²) in [5.74, 6) is 0. The topological polar surface area (TPSA) is 24.1 Å². The van der Waals surface area contributed by atoms with Crippen molar-refractivity contribution in [3.8, 4) is 0 Å². The third-order valence-corrected chi connectivity index (χ3v) is 6.56. The summed E-state index contributed by atoms with van der Waals surface area (Å²) in [5, 5.41) is 7.06. The monoisotopic (exact) mass is 418 g/mol. The first kappa shape index (κ1) is 26.4. The highest BCUT2D eigenvalue weighted by atomic mass is 28.1. The third kappa shape index (κ3) is 19.1. The summed E-state index contributed by atoms with van der Waals surface area (Å²) >= 11 is 0. The summed E-state index contributed by atoms with van der Waals surface area (Å²) in [6.45, 7) is 4.28. The van der Waals surface area contributed by atoms with Crippen LogP contribution in [0.4, 0.5) is 0 Å². The van der Waals surface area contributed by atoms with Crippen molar-refractivity contribution >= 4 is 10.2 Å². The van der Waals surface area contributed by atoms with Gasteiger partial charge in [0.25, 0.3) is 0 Å². The lowest BCUT2D eigenvalue weighted by atomic mass is 10.0. The lowest BCUT2D eigenvalue weighted by molar-refractivity contribution is 0.525. The van der Waals surface area contributed by atoms with Crippen LogP contribution in [0.1, 0.15) is 102 Å². The minimum atomic E-state index is 0.975. The first-order valence-corrected chi connectivity index (χ1v) is 14.3. The van der Waals surface area contributed by atoms with E-state index in [0.717, 1.165) is 19.6 Å². The zero-order valence-corrected chi connectivity index (χ0v) is 21.5. The smallest absolute Gasteiger partial charge is 0.0206 e. The molecular formula is C26H50N2Si. The van der Waals surface area contributed by atoms with Crippen molar-refractivity contribution in [3.63, 3.8) is 0 Å². The zero-order valence-electron chi connectivity index (χ0n) is 19.5. The molecular weight excluding hydrogens is 368 g/mol. The summed E-state index contributed by atoms with van der Waals surface area (Å²) in [6, 6.07) is 12.1. The van der Waals surface area contributed by atoms with Gasteiger partial charge in [-0.05, 0) is 18.5 Å². The molecule has 0 heterocycles. The first-order chi connectivity index (χ1) is 14.4. The van der Waals surface area contributed by atoms with Crippen molar-refractivity contribution in [3.05, 3.63) is 35.9 Å². The van der Waals surface area contributed by atoms with Crippen molar-refractivity contribution < 1.29 is 0 Å². The molecule has 1 aromatic carbocycles. The van der Waals surface area contributed by atoms with E-state index < -0.39 is 0 Å². The minimum absolute atomic E-state index is 0.975. The van der Waals surface area contributed by atoms with Crippen LogP contribution in [0, 0.1) is 0 Å². The molecule has 0 amide bonds. The van der Waals surface area contributed by atoms with Crippen LogP contribution >= 0.6 is 0 Å². The van der Waals surface area contributed by atoms with E-state index in [0.29, 0.717) is 0 Å². The van der Waals surface area contributed by atoms with E-state index in [1.54, 1.807) is 0 Å². The number of rotatable bonds is 22. The standard InChI is InChI=1S/C26H50N2Si/c29-24-18-13-11-9-7-5-3-1-2-4-6-8-10-12-17-21-27-22-23-28-25-26-19-15-14-16-20-26/h14-16,19-20,27-28H,1-13,17-18,21-25H2,29H3. The van der Waals surface area contributed by atoms with E-state index in [9.17, 15) is 0 Å². The van der Waals surface area contributed by atoms with Crippen LogP contribution < -0.4 is 10.6 Å². The fraction of sp³-hybridized carbons (Fsp3) is 0.769. The number of hydrogen-bond donors (Lipinski definition) is 2. The van der Waals surface area contributed by atoms with Gasteiger partial charge in [-0.1, -0.05) is 126 Å². The fourth-order valence-electron chi connectivity index (χ4n) is 3.93. The van der Waals surface area contributed by atoms with Gasteiger partial charge in [-0.3, -0.25) is 0 Å². The SMILES string of the molecule is [SiH3]CCCCCCCCCCCCCCCCCNCCNCc1ccccc1. The fourth-order valence-corrected chi connectivity index (χ4v) is 4.43. The highest BCUT2D eigenvalue weighted by Crippen LogP contribution is 2.13. The lowest BCUT2D eigenvalue weighted by Crippen LogP contribution is -2.27. The van der Waals surface area contributed by atoms with Crippen molar-refractivity contribution in [2.45, 2.75) is 109 Å². The van der Waals surface area contributed by atoms with Crippen molar-refractivity contribution in [1.82, 2.24) is 10.6 Å². The molecule has 0 aliphatic heterocycles. The summed E-state index contributed by atoms with van der Waals surface area (Å²) in [4.78, 5) is 0. The number of benzene rings is 1. The molecule has 0 atom stereocenters. The van der Waals surface area contributed by atoms with Gasteiger partial charge in [0.05, 0.1) is 0 Å². The quantitative estimate of drug-likeness (QED) is 0.178. The van der Waals surface area contributed by atoms with E-state index in [2.05, 4.69) is 41.0 Å². The Morgan fingerprint density at radius 3 is 1.45 bits per heavy atom. The zero-order chi connectivity index (χ0) is 20.7. The number of nitrogens with one attached hydrogen (secondary N) is 2. The highest BCUT2D eigenvalue weighted by Gasteiger charge is 1.95. The molecule has 0 saturated heterocycles. The van der Waals surface area contributed by atoms with Crippen LogP contribution in [0.3, 0.4) is 0 Å². The number of unbranched alkanes of at least 4 members (excludes halogenated alkanes) is 14. The lowest BCUT2D eigenvalue weighted by Gasteiger charge is -2.07. The third-order valence-electron chi connectivity index (χ3n) is 5.86. The summed E-state index contributed by atoms with van der Waals surface area (Å²) < 4.78 is 0. The predicted molar refractivity (Wildman–Crippen MR) is 135 cm³/mol. The Morgan fingerprint density at radius 2 is 0.931 bits per heavy atom. The van der Waals surface area contributed by atoms with E-state index in [-0.39, 0.29) is 0 Å². The van der Waals surface area contributed by atoms with E-state index in [1.807, 2.05) is 0 Å². The van der Waals surface area contributed by atoms with Crippen LogP contribution in [-0.2, 0) is 6.54 Å². The average molecular weight is 419 g/mol. The molecule has 0 saturated carbocycles. The van der Waals surface area contributed by atoms with Crippen LogP contribution in [0.15, 0.2) is 30.3 Å². The molecule has 0 aromatic heterocycles. The molecule has 0 fully saturated rings. The highest BCUT2D eigenvalue weighted by molar-refractivity contribution is 6.08. The second kappa shape index (κ2) is 22.1. The van der Waals surface area contributed by atoms with Gasteiger partial charge < -0.3 is 10.6 Å². The molecule has 0 unspecified atom stereocenters. The van der Waals surface area contributed by atoms with Gasteiger partial charge in [-0.15, -0.1) is 0 Å². The molecule has 0 bridgehead atoms. The molecule has 29 heavy (non-hydrogen) atoms. The molecule has 0 aliphatic carbocycles. The Balaban J connectivity index is 1.66. The summed E-state index contributed by atoms with van der Waals surface area (Å²) in [7, 11) is 1.40. The maximum absolute atomic E-state index is 3.56. The van der Waals surface area contributed by atoms with Gasteiger partial charge in [-0.2, -0.15) is 0 Å². The molecule has 0 radical (unpaired) electrons. The number of hydrogen-bond acceptors (Lipinski definition) is 2. The second-order valence-electron chi connectivity index (χ2n) is 8.72. The maximum Gasteiger partial charge on any atom is 0.0206 e. The first-order valence-electron chi connectivity index (χ1n) is 12.9. The molecule has 168 valence electrons. The van der Waals surface area contributed by atoms with Crippen LogP contribution in [0.2, 0.25) is 6.04 Å². The van der Waals surface area contributed by atoms with Crippen LogP contribution in [0.25, 0.3) is 0 Å². The summed E-state index contributed by atoms with van der Waals surface area (Å²) in [5.41, 5.74) is 1.37. The van der Waals surface area contributed by atoms with Gasteiger partial charge in [0.2, 0.25) is 0 Å². The van der Waals surface area contributed by atoms with Crippen molar-refractivity contribution in [2.75, 3.05) is 19.6 Å². The Hall–Kier alpha value is -0.643. The van der Waals surface area contributed by atoms with Crippen LogP contribution in [-0.4, -0.2) is 29.9 Å². The van der Waals surface area contributed by atoms with E-state index in [1.165, 1.54) is 125 Å². The predicted octanol–water partition coefficient (Wildman–Crippen LogP) is 6.00. The molecule has 1 aromatic rings. The normalized spacial score (nSPS) is 11.3. The van der Waals surface area contributed by atoms with Gasteiger partial charge in [0.1, 0.15) is 0 Å². The van der Waals surface area contributed by atoms with Gasteiger partial charge in [0.15, 0.2) is 0 Å². The van der Waals surface area contributed by atoms with Gasteiger partial charge >= 0.3 is 0 Å². The Labute approximate surface area is 185 Å². The Bertz CT molecular complexity index is 424. The molecule has 2 N–H and O–H groups in total. The van der Waals surface area contributed by atoms with E-state index in [4.69, 9.17) is 0 Å². The molecule has 1 rings (SSSR count). The van der Waals surface area contributed by atoms with E-state index >= 15 is 0 Å². The Morgan fingerprint density at radius 1 is 0.483 bits per heavy atom. The second-order valence-corrected chi connectivity index (χ2v) is 9.72.